The van der Waals surface area contributed by atoms with E-state index in [1.807, 2.05) is 12.1 Å². The first kappa shape index (κ1) is 18.8. The van der Waals surface area contributed by atoms with Crippen molar-refractivity contribution in [2.24, 2.45) is 0 Å². The molecule has 0 aliphatic heterocycles. The Morgan fingerprint density at radius 3 is 2.32 bits per heavy atom. The standard InChI is InChI=1S/C18H15Cl2NO4/c1-24-17(22)10-16(18(23)25-2)21-13-5-3-4-11(8-13)12-6-7-14(19)15(20)9-12/h3-10,21H,1-2H3/b16-10+. The summed E-state index contributed by atoms with van der Waals surface area (Å²) in [7, 11) is 2.44. The molecule has 2 aromatic carbocycles. The first-order chi connectivity index (χ1) is 11.9. The topological polar surface area (TPSA) is 64.6 Å². The van der Waals surface area contributed by atoms with Gasteiger partial charge in [0.15, 0.2) is 0 Å². The first-order valence-electron chi connectivity index (χ1n) is 7.15. The molecule has 0 aromatic heterocycles. The number of esters is 2. The number of halogens is 2. The van der Waals surface area contributed by atoms with Crippen molar-refractivity contribution < 1.29 is 19.1 Å². The summed E-state index contributed by atoms with van der Waals surface area (Å²) >= 11 is 12.0. The number of anilines is 1. The third-order valence-electron chi connectivity index (χ3n) is 3.26. The fourth-order valence-electron chi connectivity index (χ4n) is 2.04. The molecule has 0 bridgehead atoms. The van der Waals surface area contributed by atoms with E-state index in [9.17, 15) is 9.59 Å². The Balaban J connectivity index is 2.33. The molecule has 25 heavy (non-hydrogen) atoms. The molecule has 0 aliphatic rings. The van der Waals surface area contributed by atoms with Crippen molar-refractivity contribution in [1.29, 1.82) is 0 Å². The zero-order valence-corrected chi connectivity index (χ0v) is 15.0. The molecule has 7 heteroatoms. The normalized spacial score (nSPS) is 11.0. The lowest BCUT2D eigenvalue weighted by Crippen LogP contribution is -2.15. The molecule has 0 spiro atoms. The summed E-state index contributed by atoms with van der Waals surface area (Å²) in [5.74, 6) is -1.36. The summed E-state index contributed by atoms with van der Waals surface area (Å²) in [5.41, 5.74) is 2.25. The Labute approximate surface area is 155 Å². The molecule has 2 aromatic rings. The Hall–Kier alpha value is -2.50. The van der Waals surface area contributed by atoms with Crippen molar-refractivity contribution in [2.75, 3.05) is 19.5 Å². The maximum absolute atomic E-state index is 11.8. The van der Waals surface area contributed by atoms with Crippen LogP contribution >= 0.6 is 23.2 Å². The monoisotopic (exact) mass is 379 g/mol. The van der Waals surface area contributed by atoms with Gasteiger partial charge in [0.05, 0.1) is 30.3 Å². The van der Waals surface area contributed by atoms with Gasteiger partial charge in [-0.3, -0.25) is 0 Å². The molecular formula is C18H15Cl2NO4. The number of rotatable bonds is 5. The zero-order valence-electron chi connectivity index (χ0n) is 13.5. The highest BCUT2D eigenvalue weighted by Gasteiger charge is 2.13. The summed E-state index contributed by atoms with van der Waals surface area (Å²) in [5, 5.41) is 3.77. The van der Waals surface area contributed by atoms with Gasteiger partial charge in [-0.25, -0.2) is 9.59 Å². The Morgan fingerprint density at radius 2 is 1.68 bits per heavy atom. The second-order valence-corrected chi connectivity index (χ2v) is 5.72. The number of carbonyl (C=O) groups is 2. The Bertz CT molecular complexity index is 834. The van der Waals surface area contributed by atoms with Crippen molar-refractivity contribution in [3.63, 3.8) is 0 Å². The Kier molecular flexibility index (Phi) is 6.44. The fourth-order valence-corrected chi connectivity index (χ4v) is 2.34. The second kappa shape index (κ2) is 8.55. The second-order valence-electron chi connectivity index (χ2n) is 4.91. The minimum absolute atomic E-state index is 0.0411. The van der Waals surface area contributed by atoms with Gasteiger partial charge >= 0.3 is 11.9 Å². The molecule has 0 amide bonds. The summed E-state index contributed by atoms with van der Waals surface area (Å²) < 4.78 is 9.20. The van der Waals surface area contributed by atoms with Crippen LogP contribution in [0.3, 0.4) is 0 Å². The van der Waals surface area contributed by atoms with Gasteiger partial charge < -0.3 is 14.8 Å². The van der Waals surface area contributed by atoms with Gasteiger partial charge in [-0.2, -0.15) is 0 Å². The summed E-state index contributed by atoms with van der Waals surface area (Å²) in [6.45, 7) is 0. The van der Waals surface area contributed by atoms with E-state index in [0.717, 1.165) is 17.2 Å². The molecule has 0 fully saturated rings. The highest BCUT2D eigenvalue weighted by Crippen LogP contribution is 2.30. The van der Waals surface area contributed by atoms with Crippen LogP contribution in [0.1, 0.15) is 0 Å². The van der Waals surface area contributed by atoms with E-state index >= 15 is 0 Å². The van der Waals surface area contributed by atoms with Gasteiger partial charge in [-0.15, -0.1) is 0 Å². The lowest BCUT2D eigenvalue weighted by atomic mass is 10.1. The van der Waals surface area contributed by atoms with Crippen LogP contribution < -0.4 is 5.32 Å². The maximum Gasteiger partial charge on any atom is 0.354 e. The van der Waals surface area contributed by atoms with Crippen LogP contribution in [-0.4, -0.2) is 26.2 Å². The minimum Gasteiger partial charge on any atom is -0.466 e. The van der Waals surface area contributed by atoms with Crippen LogP contribution in [0.4, 0.5) is 5.69 Å². The van der Waals surface area contributed by atoms with Gasteiger partial charge in [-0.05, 0) is 35.4 Å². The Morgan fingerprint density at radius 1 is 0.960 bits per heavy atom. The number of benzene rings is 2. The third kappa shape index (κ3) is 4.98. The first-order valence-corrected chi connectivity index (χ1v) is 7.90. The van der Waals surface area contributed by atoms with Crippen LogP contribution in [0.15, 0.2) is 54.2 Å². The molecule has 5 nitrogen and oxygen atoms in total. The number of nitrogens with one attached hydrogen (secondary N) is 1. The van der Waals surface area contributed by atoms with E-state index < -0.39 is 11.9 Å². The smallest absolute Gasteiger partial charge is 0.354 e. The average molecular weight is 380 g/mol. The average Bonchev–Trinajstić information content (AvgIpc) is 2.62. The molecule has 0 heterocycles. The predicted molar refractivity (Wildman–Crippen MR) is 97.6 cm³/mol. The minimum atomic E-state index is -0.689. The van der Waals surface area contributed by atoms with Crippen molar-refractivity contribution in [3.05, 3.63) is 64.3 Å². The van der Waals surface area contributed by atoms with E-state index in [1.165, 1.54) is 14.2 Å². The van der Waals surface area contributed by atoms with Gasteiger partial charge in [0.2, 0.25) is 0 Å². The molecule has 0 radical (unpaired) electrons. The van der Waals surface area contributed by atoms with E-state index in [-0.39, 0.29) is 5.70 Å². The number of methoxy groups -OCH3 is 2. The molecule has 1 N–H and O–H groups in total. The van der Waals surface area contributed by atoms with Gasteiger partial charge in [-0.1, -0.05) is 41.4 Å². The van der Waals surface area contributed by atoms with E-state index in [4.69, 9.17) is 23.2 Å². The quantitative estimate of drug-likeness (QED) is 0.619. The summed E-state index contributed by atoms with van der Waals surface area (Å²) in [6.07, 6.45) is 1.03. The van der Waals surface area contributed by atoms with Crippen molar-refractivity contribution in [1.82, 2.24) is 0 Å². The van der Waals surface area contributed by atoms with Gasteiger partial charge in [0.25, 0.3) is 0 Å². The van der Waals surface area contributed by atoms with Crippen LogP contribution in [-0.2, 0) is 19.1 Å². The van der Waals surface area contributed by atoms with Crippen LogP contribution in [0.2, 0.25) is 10.0 Å². The summed E-state index contributed by atoms with van der Waals surface area (Å²) in [6, 6.07) is 12.5. The van der Waals surface area contributed by atoms with Crippen LogP contribution in [0.25, 0.3) is 11.1 Å². The molecule has 2 rings (SSSR count). The molecule has 0 saturated heterocycles. The highest BCUT2D eigenvalue weighted by atomic mass is 35.5. The molecule has 0 atom stereocenters. The van der Waals surface area contributed by atoms with E-state index in [1.54, 1.807) is 30.3 Å². The predicted octanol–water partition coefficient (Wildman–Crippen LogP) is 4.30. The maximum atomic E-state index is 11.8. The molecule has 130 valence electrons. The number of carbonyl (C=O) groups excluding carboxylic acids is 2. The third-order valence-corrected chi connectivity index (χ3v) is 4.00. The summed E-state index contributed by atoms with van der Waals surface area (Å²) in [4.78, 5) is 23.2. The van der Waals surface area contributed by atoms with Gasteiger partial charge in [0.1, 0.15) is 5.70 Å². The fraction of sp³-hybridized carbons (Fsp3) is 0.111. The van der Waals surface area contributed by atoms with Crippen LogP contribution in [0.5, 0.6) is 0 Å². The van der Waals surface area contributed by atoms with Gasteiger partial charge in [0, 0.05) is 5.69 Å². The SMILES string of the molecule is COC(=O)/C=C(/Nc1cccc(-c2ccc(Cl)c(Cl)c2)c1)C(=O)OC. The van der Waals surface area contributed by atoms with E-state index in [2.05, 4.69) is 14.8 Å². The highest BCUT2D eigenvalue weighted by molar-refractivity contribution is 6.42. The number of ether oxygens (including phenoxy) is 2. The largest absolute Gasteiger partial charge is 0.466 e. The van der Waals surface area contributed by atoms with Crippen molar-refractivity contribution >= 4 is 40.8 Å². The molecule has 0 saturated carbocycles. The lowest BCUT2D eigenvalue weighted by Gasteiger charge is -2.11. The van der Waals surface area contributed by atoms with E-state index in [0.29, 0.717) is 15.7 Å². The lowest BCUT2D eigenvalue weighted by molar-refractivity contribution is -0.138. The molecule has 0 unspecified atom stereocenters. The number of hydrogen-bond donors (Lipinski definition) is 1. The molecular weight excluding hydrogens is 365 g/mol. The molecule has 0 aliphatic carbocycles. The number of hydrogen-bond acceptors (Lipinski definition) is 5. The van der Waals surface area contributed by atoms with Crippen molar-refractivity contribution in [2.45, 2.75) is 0 Å². The van der Waals surface area contributed by atoms with Crippen LogP contribution in [0, 0.1) is 0 Å². The zero-order chi connectivity index (χ0) is 18.4. The van der Waals surface area contributed by atoms with Crippen molar-refractivity contribution in [3.8, 4) is 11.1 Å².